The summed E-state index contributed by atoms with van der Waals surface area (Å²) in [5.74, 6) is 0.0707. The first-order valence-electron chi connectivity index (χ1n) is 8.82. The molecule has 3 rings (SSSR count). The first-order chi connectivity index (χ1) is 11.8. The second kappa shape index (κ2) is 6.48. The average Bonchev–Trinajstić information content (AvgIpc) is 2.57. The number of fused-ring (bicyclic) bond motifs is 2. The Balaban J connectivity index is 2.16. The number of pyridine rings is 1. The second-order valence-corrected chi connectivity index (χ2v) is 7.91. The number of carbonyl (C=O) groups is 1. The van der Waals surface area contributed by atoms with Crippen LogP contribution in [-0.4, -0.2) is 17.1 Å². The van der Waals surface area contributed by atoms with Gasteiger partial charge in [0.2, 0.25) is 0 Å². The summed E-state index contributed by atoms with van der Waals surface area (Å²) < 4.78 is 5.35. The molecule has 0 amide bonds. The minimum Gasteiger partial charge on any atom is -0.444 e. The predicted octanol–water partition coefficient (Wildman–Crippen LogP) is 4.45. The zero-order valence-corrected chi connectivity index (χ0v) is 15.3. The number of aryl methyl sites for hydroxylation is 1. The van der Waals surface area contributed by atoms with E-state index >= 15 is 0 Å². The van der Waals surface area contributed by atoms with E-state index < -0.39 is 12.1 Å². The minimum atomic E-state index is -0.767. The van der Waals surface area contributed by atoms with Crippen LogP contribution in [0.1, 0.15) is 55.7 Å². The molecular formula is C21H24N2O2. The molecule has 0 bridgehead atoms. The summed E-state index contributed by atoms with van der Waals surface area (Å²) >= 11 is 0. The molecule has 2 atom stereocenters. The van der Waals surface area contributed by atoms with Crippen molar-refractivity contribution in [3.63, 3.8) is 0 Å². The minimum absolute atomic E-state index is 0.171. The number of carbonyl (C=O) groups excluding carboxylic acids is 1. The van der Waals surface area contributed by atoms with Crippen LogP contribution >= 0.6 is 0 Å². The number of para-hydroxylation sites is 1. The molecule has 25 heavy (non-hydrogen) atoms. The van der Waals surface area contributed by atoms with Crippen molar-refractivity contribution < 1.29 is 9.53 Å². The molecule has 0 unspecified atom stereocenters. The van der Waals surface area contributed by atoms with Crippen molar-refractivity contribution in [2.75, 3.05) is 0 Å². The van der Waals surface area contributed by atoms with Crippen LogP contribution in [0.2, 0.25) is 0 Å². The molecule has 1 heterocycles. The van der Waals surface area contributed by atoms with Gasteiger partial charge < -0.3 is 4.74 Å². The predicted molar refractivity (Wildman–Crippen MR) is 97.2 cm³/mol. The van der Waals surface area contributed by atoms with E-state index in [1.54, 1.807) is 6.92 Å². The molecule has 2 aromatic rings. The number of hydrogen-bond donors (Lipinski definition) is 0. The summed E-state index contributed by atoms with van der Waals surface area (Å²) in [6.45, 7) is 8.32. The van der Waals surface area contributed by atoms with Crippen LogP contribution in [0.5, 0.6) is 0 Å². The van der Waals surface area contributed by atoms with Crippen molar-refractivity contribution in [3.8, 4) is 6.07 Å². The van der Waals surface area contributed by atoms with E-state index in [1.165, 1.54) is 0 Å². The molecule has 0 saturated carbocycles. The summed E-state index contributed by atoms with van der Waals surface area (Å²) in [7, 11) is 0. The number of esters is 1. The molecule has 0 radical (unpaired) electrons. The zero-order valence-electron chi connectivity index (χ0n) is 15.3. The third-order valence-corrected chi connectivity index (χ3v) is 5.15. The van der Waals surface area contributed by atoms with Gasteiger partial charge in [-0.1, -0.05) is 39.0 Å². The van der Waals surface area contributed by atoms with E-state index in [4.69, 9.17) is 15.0 Å². The number of hydrogen-bond acceptors (Lipinski definition) is 4. The van der Waals surface area contributed by atoms with Gasteiger partial charge in [-0.15, -0.1) is 0 Å². The molecule has 0 saturated heterocycles. The molecule has 1 aliphatic rings. The number of ether oxygens (including phenoxy) is 1. The van der Waals surface area contributed by atoms with Crippen LogP contribution in [-0.2, 0) is 17.6 Å². The molecule has 1 aromatic heterocycles. The van der Waals surface area contributed by atoms with Crippen LogP contribution in [0.4, 0.5) is 0 Å². The van der Waals surface area contributed by atoms with E-state index in [0.717, 1.165) is 41.4 Å². The van der Waals surface area contributed by atoms with Crippen molar-refractivity contribution in [3.05, 3.63) is 41.1 Å². The second-order valence-electron chi connectivity index (χ2n) is 7.91. The maximum absolute atomic E-state index is 12.9. The van der Waals surface area contributed by atoms with Gasteiger partial charge in [0.05, 0.1) is 11.1 Å². The summed E-state index contributed by atoms with van der Waals surface area (Å²) in [4.78, 5) is 17.7. The lowest BCUT2D eigenvalue weighted by molar-refractivity contribution is 0.0435. The highest BCUT2D eigenvalue weighted by Gasteiger charge is 2.33. The van der Waals surface area contributed by atoms with Crippen molar-refractivity contribution in [2.45, 2.75) is 53.1 Å². The molecule has 0 spiro atoms. The molecule has 1 aromatic carbocycles. The van der Waals surface area contributed by atoms with E-state index in [2.05, 4.69) is 20.8 Å². The topological polar surface area (TPSA) is 63.0 Å². The van der Waals surface area contributed by atoms with Crippen molar-refractivity contribution >= 4 is 16.9 Å². The smallest absolute Gasteiger partial charge is 0.340 e. The van der Waals surface area contributed by atoms with Gasteiger partial charge in [-0.05, 0) is 49.1 Å². The highest BCUT2D eigenvalue weighted by molar-refractivity contribution is 6.05. The van der Waals surface area contributed by atoms with Crippen LogP contribution in [0.15, 0.2) is 24.3 Å². The Morgan fingerprint density at radius 2 is 2.08 bits per heavy atom. The number of nitrogens with zero attached hydrogens (tertiary/aromatic N) is 2. The maximum Gasteiger partial charge on any atom is 0.340 e. The highest BCUT2D eigenvalue weighted by Crippen LogP contribution is 2.39. The lowest BCUT2D eigenvalue weighted by Crippen LogP contribution is -2.29. The Bertz CT molecular complexity index is 859. The molecule has 4 heteroatoms. The van der Waals surface area contributed by atoms with E-state index in [-0.39, 0.29) is 5.41 Å². The van der Waals surface area contributed by atoms with E-state index in [1.807, 2.05) is 30.3 Å². The summed E-state index contributed by atoms with van der Waals surface area (Å²) in [6.07, 6.45) is 2.00. The average molecular weight is 336 g/mol. The lowest BCUT2D eigenvalue weighted by Gasteiger charge is -2.35. The van der Waals surface area contributed by atoms with Gasteiger partial charge >= 0.3 is 5.97 Å². The first kappa shape index (κ1) is 17.4. The van der Waals surface area contributed by atoms with Crippen molar-refractivity contribution in [1.29, 1.82) is 5.26 Å². The maximum atomic E-state index is 12.9. The normalized spacial score (nSPS) is 18.3. The van der Waals surface area contributed by atoms with E-state index in [0.29, 0.717) is 11.5 Å². The molecule has 4 nitrogen and oxygen atoms in total. The Morgan fingerprint density at radius 1 is 1.36 bits per heavy atom. The van der Waals surface area contributed by atoms with Crippen LogP contribution in [0, 0.1) is 22.7 Å². The van der Waals surface area contributed by atoms with Gasteiger partial charge in [0.15, 0.2) is 6.10 Å². The Hall–Kier alpha value is -2.41. The summed E-state index contributed by atoms with van der Waals surface area (Å²) in [5, 5.41) is 9.80. The molecule has 0 fully saturated rings. The molecular weight excluding hydrogens is 312 g/mol. The molecule has 1 aliphatic carbocycles. The largest absolute Gasteiger partial charge is 0.444 e. The van der Waals surface area contributed by atoms with Gasteiger partial charge in [0.1, 0.15) is 6.07 Å². The van der Waals surface area contributed by atoms with Gasteiger partial charge in [0.25, 0.3) is 0 Å². The zero-order chi connectivity index (χ0) is 18.2. The Kier molecular flexibility index (Phi) is 4.51. The van der Waals surface area contributed by atoms with Gasteiger partial charge in [-0.25, -0.2) is 4.79 Å². The fourth-order valence-corrected chi connectivity index (χ4v) is 3.61. The quantitative estimate of drug-likeness (QED) is 0.760. The third kappa shape index (κ3) is 3.37. The lowest BCUT2D eigenvalue weighted by atomic mass is 9.70. The molecule has 0 aliphatic heterocycles. The number of benzene rings is 1. The van der Waals surface area contributed by atoms with Crippen LogP contribution in [0.25, 0.3) is 10.9 Å². The highest BCUT2D eigenvalue weighted by atomic mass is 16.5. The standard InChI is InChI=1S/C21H24N2O2/c1-13(12-22)25-20(24)19-15-7-5-6-8-17(15)23-18-10-9-14(11-16(18)19)21(2,3)4/h5-8,13-14H,9-11H2,1-4H3/t13-,14+/m1/s1. The van der Waals surface area contributed by atoms with Gasteiger partial charge in [-0.2, -0.15) is 5.26 Å². The molecule has 0 N–H and O–H groups in total. The van der Waals surface area contributed by atoms with Crippen LogP contribution in [0.3, 0.4) is 0 Å². The monoisotopic (exact) mass is 336 g/mol. The van der Waals surface area contributed by atoms with Crippen molar-refractivity contribution in [1.82, 2.24) is 4.98 Å². The Morgan fingerprint density at radius 3 is 2.76 bits per heavy atom. The third-order valence-electron chi connectivity index (χ3n) is 5.15. The summed E-state index contributed by atoms with van der Waals surface area (Å²) in [5.41, 5.74) is 3.57. The number of nitriles is 1. The van der Waals surface area contributed by atoms with Crippen molar-refractivity contribution in [2.24, 2.45) is 11.3 Å². The fraction of sp³-hybridized carbons (Fsp3) is 0.476. The molecule has 130 valence electrons. The van der Waals surface area contributed by atoms with Gasteiger partial charge in [0, 0.05) is 11.1 Å². The Labute approximate surface area is 148 Å². The number of rotatable bonds is 2. The summed E-state index contributed by atoms with van der Waals surface area (Å²) in [6, 6.07) is 9.64. The first-order valence-corrected chi connectivity index (χ1v) is 8.82. The number of aromatic nitrogens is 1. The fourth-order valence-electron chi connectivity index (χ4n) is 3.61. The SMILES string of the molecule is C[C@H](C#N)OC(=O)c1c2c(nc3ccccc13)CC[C@H](C(C)(C)C)C2. The van der Waals surface area contributed by atoms with E-state index in [9.17, 15) is 4.79 Å². The van der Waals surface area contributed by atoms with Crippen LogP contribution < -0.4 is 0 Å². The van der Waals surface area contributed by atoms with Gasteiger partial charge in [-0.3, -0.25) is 4.98 Å².